The highest BCUT2D eigenvalue weighted by atomic mass is 79.9. The number of pyridine rings is 1. The van der Waals surface area contributed by atoms with E-state index in [9.17, 15) is 8.42 Å². The predicted octanol–water partition coefficient (Wildman–Crippen LogP) is 4.87. The third-order valence-corrected chi connectivity index (χ3v) is 6.17. The van der Waals surface area contributed by atoms with Crippen LogP contribution < -0.4 is 5.32 Å². The minimum atomic E-state index is -3.61. The van der Waals surface area contributed by atoms with E-state index in [0.29, 0.717) is 10.4 Å². The van der Waals surface area contributed by atoms with Gasteiger partial charge in [0.1, 0.15) is 10.4 Å². The van der Waals surface area contributed by atoms with Crippen molar-refractivity contribution in [1.29, 1.82) is 0 Å². The van der Waals surface area contributed by atoms with Crippen molar-refractivity contribution < 1.29 is 8.42 Å². The number of hydrogen-bond acceptors (Lipinski definition) is 4. The van der Waals surface area contributed by atoms with Gasteiger partial charge in [-0.2, -0.15) is 0 Å². The van der Waals surface area contributed by atoms with Gasteiger partial charge in [0.05, 0.1) is 4.90 Å². The Morgan fingerprint density at radius 3 is 2.60 bits per heavy atom. The molecule has 0 saturated carbocycles. The number of anilines is 1. The summed E-state index contributed by atoms with van der Waals surface area (Å²) in [5, 5.41) is 4.96. The van der Waals surface area contributed by atoms with Crippen molar-refractivity contribution in [3.8, 4) is 0 Å². The average molecular weight is 417 g/mol. The number of aromatic nitrogens is 1. The first-order valence-electron chi connectivity index (χ1n) is 7.68. The molecule has 0 aliphatic heterocycles. The van der Waals surface area contributed by atoms with E-state index in [4.69, 9.17) is 0 Å². The lowest BCUT2D eigenvalue weighted by molar-refractivity contribution is 0.602. The van der Waals surface area contributed by atoms with Gasteiger partial charge in [-0.05, 0) is 57.4 Å². The second-order valence-corrected chi connectivity index (χ2v) is 8.52. The van der Waals surface area contributed by atoms with E-state index < -0.39 is 9.84 Å². The quantitative estimate of drug-likeness (QED) is 0.615. The number of fused-ring (bicyclic) bond motifs is 1. The monoisotopic (exact) mass is 416 g/mol. The zero-order chi connectivity index (χ0) is 18.0. The summed E-state index contributed by atoms with van der Waals surface area (Å²) in [6.07, 6.45) is 1.71. The number of halogens is 1. The van der Waals surface area contributed by atoms with Crippen LogP contribution in [0.2, 0.25) is 0 Å². The Bertz CT molecular complexity index is 1070. The molecule has 0 spiro atoms. The van der Waals surface area contributed by atoms with Gasteiger partial charge in [-0.1, -0.05) is 42.5 Å². The number of benzene rings is 2. The van der Waals surface area contributed by atoms with E-state index in [0.717, 1.165) is 16.3 Å². The lowest BCUT2D eigenvalue weighted by atomic mass is 10.0. The molecule has 3 rings (SSSR count). The Morgan fingerprint density at radius 2 is 1.84 bits per heavy atom. The molecule has 0 aliphatic rings. The van der Waals surface area contributed by atoms with Crippen molar-refractivity contribution in [1.82, 2.24) is 4.98 Å². The van der Waals surface area contributed by atoms with Crippen LogP contribution in [-0.2, 0) is 9.84 Å². The summed E-state index contributed by atoms with van der Waals surface area (Å²) in [5.74, 6) is 0.492. The van der Waals surface area contributed by atoms with Crippen LogP contribution in [0.15, 0.2) is 69.0 Å². The summed E-state index contributed by atoms with van der Waals surface area (Å²) < 4.78 is 26.4. The number of allylic oxidation sites excluding steroid dienone is 1. The van der Waals surface area contributed by atoms with E-state index in [1.165, 1.54) is 12.1 Å². The minimum absolute atomic E-state index is 0.202. The highest BCUT2D eigenvalue weighted by molar-refractivity contribution is 9.10. The van der Waals surface area contributed by atoms with Crippen molar-refractivity contribution in [3.05, 3.63) is 69.7 Å². The Kier molecular flexibility index (Phi) is 4.92. The minimum Gasteiger partial charge on any atom is -0.373 e. The van der Waals surface area contributed by atoms with Gasteiger partial charge in [0.25, 0.3) is 0 Å². The number of hydrogen-bond donors (Lipinski definition) is 1. The van der Waals surface area contributed by atoms with Crippen LogP contribution in [0.3, 0.4) is 0 Å². The summed E-state index contributed by atoms with van der Waals surface area (Å²) in [6.45, 7) is 1.62. The van der Waals surface area contributed by atoms with Gasteiger partial charge in [0, 0.05) is 12.0 Å². The van der Waals surface area contributed by atoms with Crippen molar-refractivity contribution in [2.75, 3.05) is 12.4 Å². The van der Waals surface area contributed by atoms with Crippen molar-refractivity contribution in [3.63, 3.8) is 0 Å². The maximum Gasteiger partial charge on any atom is 0.202 e. The van der Waals surface area contributed by atoms with Crippen LogP contribution in [-0.4, -0.2) is 20.4 Å². The first-order valence-corrected chi connectivity index (χ1v) is 9.96. The molecular formula is C19H17BrN2O2S. The SMILES string of the molecule is CNc1cc(S(=O)(=O)C(C)=Cc2cccc3ccccc23)cc(Br)n1. The number of sulfone groups is 1. The number of nitrogens with zero attached hydrogens (tertiary/aromatic N) is 1. The van der Waals surface area contributed by atoms with Crippen LogP contribution in [0, 0.1) is 0 Å². The van der Waals surface area contributed by atoms with E-state index in [1.807, 2.05) is 42.5 Å². The van der Waals surface area contributed by atoms with E-state index in [1.54, 1.807) is 20.0 Å². The molecule has 2 aromatic carbocycles. The molecule has 0 saturated heterocycles. The summed E-state index contributed by atoms with van der Waals surface area (Å²) in [6, 6.07) is 16.8. The first-order chi connectivity index (χ1) is 11.9. The normalized spacial score (nSPS) is 12.4. The Labute approximate surface area is 155 Å². The molecule has 1 N–H and O–H groups in total. The standard InChI is InChI=1S/C19H17BrN2O2S/c1-13(10-15-8-5-7-14-6-3-4-9-17(14)15)25(23,24)16-11-18(20)22-19(12-16)21-2/h3-12H,1-2H3,(H,21,22). The fraction of sp³-hybridized carbons (Fsp3) is 0.105. The molecule has 3 aromatic rings. The third kappa shape index (κ3) is 3.60. The van der Waals surface area contributed by atoms with Crippen molar-refractivity contribution >= 4 is 48.4 Å². The van der Waals surface area contributed by atoms with Gasteiger partial charge < -0.3 is 5.32 Å². The second-order valence-electron chi connectivity index (χ2n) is 5.59. The van der Waals surface area contributed by atoms with Crippen LogP contribution in [0.25, 0.3) is 16.8 Å². The largest absolute Gasteiger partial charge is 0.373 e. The van der Waals surface area contributed by atoms with Crippen LogP contribution >= 0.6 is 15.9 Å². The third-order valence-electron chi connectivity index (χ3n) is 3.94. The molecule has 0 fully saturated rings. The van der Waals surface area contributed by atoms with Gasteiger partial charge >= 0.3 is 0 Å². The van der Waals surface area contributed by atoms with Crippen LogP contribution in [0.1, 0.15) is 12.5 Å². The van der Waals surface area contributed by atoms with Crippen LogP contribution in [0.4, 0.5) is 5.82 Å². The van der Waals surface area contributed by atoms with Gasteiger partial charge in [0.2, 0.25) is 9.84 Å². The van der Waals surface area contributed by atoms with Crippen molar-refractivity contribution in [2.24, 2.45) is 0 Å². The number of nitrogens with one attached hydrogen (secondary N) is 1. The molecule has 25 heavy (non-hydrogen) atoms. The van der Waals surface area contributed by atoms with E-state index in [2.05, 4.69) is 26.2 Å². The molecule has 128 valence electrons. The molecule has 4 nitrogen and oxygen atoms in total. The first kappa shape index (κ1) is 17.6. The Morgan fingerprint density at radius 1 is 1.12 bits per heavy atom. The van der Waals surface area contributed by atoms with E-state index in [-0.39, 0.29) is 9.80 Å². The zero-order valence-corrected chi connectivity index (χ0v) is 16.2. The molecule has 0 radical (unpaired) electrons. The lowest BCUT2D eigenvalue weighted by Crippen LogP contribution is -2.04. The molecule has 0 unspecified atom stereocenters. The van der Waals surface area contributed by atoms with Crippen molar-refractivity contribution in [2.45, 2.75) is 11.8 Å². The fourth-order valence-corrected chi connectivity index (χ4v) is 4.39. The summed E-state index contributed by atoms with van der Waals surface area (Å²) in [7, 11) is -1.91. The van der Waals surface area contributed by atoms with Crippen LogP contribution in [0.5, 0.6) is 0 Å². The highest BCUT2D eigenvalue weighted by Gasteiger charge is 2.19. The molecule has 0 bridgehead atoms. The van der Waals surface area contributed by atoms with Gasteiger partial charge in [-0.25, -0.2) is 13.4 Å². The summed E-state index contributed by atoms with van der Waals surface area (Å²) in [5.41, 5.74) is 0.876. The average Bonchev–Trinajstić information content (AvgIpc) is 2.61. The smallest absolute Gasteiger partial charge is 0.202 e. The molecule has 6 heteroatoms. The fourth-order valence-electron chi connectivity index (χ4n) is 2.62. The van der Waals surface area contributed by atoms with Gasteiger partial charge in [-0.3, -0.25) is 0 Å². The lowest BCUT2D eigenvalue weighted by Gasteiger charge is -2.09. The molecule has 1 aromatic heterocycles. The molecule has 1 heterocycles. The second kappa shape index (κ2) is 6.98. The topological polar surface area (TPSA) is 59.1 Å². The van der Waals surface area contributed by atoms with Gasteiger partial charge in [0.15, 0.2) is 0 Å². The maximum atomic E-state index is 12.9. The molecule has 0 amide bonds. The zero-order valence-electron chi connectivity index (χ0n) is 13.8. The van der Waals surface area contributed by atoms with E-state index >= 15 is 0 Å². The summed E-state index contributed by atoms with van der Waals surface area (Å²) >= 11 is 3.26. The maximum absolute atomic E-state index is 12.9. The number of rotatable bonds is 4. The predicted molar refractivity (Wildman–Crippen MR) is 106 cm³/mol. The Balaban J connectivity index is 2.11. The molecular weight excluding hydrogens is 400 g/mol. The molecule has 0 aliphatic carbocycles. The highest BCUT2D eigenvalue weighted by Crippen LogP contribution is 2.27. The summed E-state index contributed by atoms with van der Waals surface area (Å²) in [4.78, 5) is 4.65. The molecule has 0 atom stereocenters. The van der Waals surface area contributed by atoms with Gasteiger partial charge in [-0.15, -0.1) is 0 Å². The Hall–Kier alpha value is -2.18.